The van der Waals surface area contributed by atoms with E-state index in [1.54, 1.807) is 0 Å². The summed E-state index contributed by atoms with van der Waals surface area (Å²) in [6.07, 6.45) is -2.76. The van der Waals surface area contributed by atoms with Gasteiger partial charge in [0, 0.05) is 12.2 Å². The second-order valence-corrected chi connectivity index (χ2v) is 8.10. The summed E-state index contributed by atoms with van der Waals surface area (Å²) in [5.41, 5.74) is 2.59. The molecule has 170 valence electrons. The van der Waals surface area contributed by atoms with Crippen LogP contribution in [0.1, 0.15) is 18.7 Å². The average Bonchev–Trinajstić information content (AvgIpc) is 3.05. The van der Waals surface area contributed by atoms with Gasteiger partial charge in [0.15, 0.2) is 0 Å². The molecule has 0 aliphatic carbocycles. The number of rotatable bonds is 6. The third-order valence-corrected chi connectivity index (χ3v) is 5.73. The van der Waals surface area contributed by atoms with Gasteiger partial charge in [-0.3, -0.25) is 9.69 Å². The lowest BCUT2D eigenvalue weighted by molar-refractivity contribution is -0.274. The number of piperidine rings is 1. The predicted octanol–water partition coefficient (Wildman–Crippen LogP) is 4.59. The smallest absolute Gasteiger partial charge is 0.406 e. The van der Waals surface area contributed by atoms with Crippen molar-refractivity contribution in [1.82, 2.24) is 14.5 Å². The fraction of sp³-hybridized carbons (Fsp3) is 0.391. The van der Waals surface area contributed by atoms with E-state index in [1.165, 1.54) is 24.3 Å². The maximum Gasteiger partial charge on any atom is 0.573 e. The quantitative estimate of drug-likeness (QED) is 0.602. The number of likely N-dealkylation sites (tertiary alicyclic amines) is 1. The van der Waals surface area contributed by atoms with Gasteiger partial charge in [-0.15, -0.1) is 13.2 Å². The molecule has 2 heterocycles. The van der Waals surface area contributed by atoms with Crippen molar-refractivity contribution in [3.05, 3.63) is 54.4 Å². The number of carbonyl (C=O) groups excluding carboxylic acids is 1. The van der Waals surface area contributed by atoms with Crippen molar-refractivity contribution in [2.75, 3.05) is 25.0 Å². The first-order chi connectivity index (χ1) is 15.3. The number of aromatic nitrogens is 2. The molecule has 6 nitrogen and oxygen atoms in total. The van der Waals surface area contributed by atoms with Crippen molar-refractivity contribution in [3.63, 3.8) is 0 Å². The number of fused-ring (bicyclic) bond motifs is 1. The summed E-state index contributed by atoms with van der Waals surface area (Å²) < 4.78 is 42.8. The number of amides is 1. The Balaban J connectivity index is 1.25. The van der Waals surface area contributed by atoms with E-state index in [1.807, 2.05) is 25.1 Å². The molecule has 32 heavy (non-hydrogen) atoms. The number of ether oxygens (including phenoxy) is 1. The molecule has 9 heteroatoms. The monoisotopic (exact) mass is 446 g/mol. The van der Waals surface area contributed by atoms with Crippen LogP contribution < -0.4 is 10.1 Å². The summed E-state index contributed by atoms with van der Waals surface area (Å²) in [6.45, 7) is 4.84. The van der Waals surface area contributed by atoms with E-state index in [9.17, 15) is 18.0 Å². The summed E-state index contributed by atoms with van der Waals surface area (Å²) in [5.74, 6) is 1.02. The minimum Gasteiger partial charge on any atom is -0.406 e. The number of benzene rings is 2. The SMILES string of the molecule is Cc1nc2ccccc2n1CC1CCN(CC(=O)Nc2ccc(OC(F)(F)F)cc2)CC1. The van der Waals surface area contributed by atoms with Gasteiger partial charge in [0.25, 0.3) is 0 Å². The van der Waals surface area contributed by atoms with E-state index in [2.05, 4.69) is 30.6 Å². The van der Waals surface area contributed by atoms with Crippen molar-refractivity contribution in [2.24, 2.45) is 5.92 Å². The first-order valence-electron chi connectivity index (χ1n) is 10.6. The fourth-order valence-electron chi connectivity index (χ4n) is 4.16. The second kappa shape index (κ2) is 9.20. The number of hydrogen-bond donors (Lipinski definition) is 1. The molecule has 1 aromatic heterocycles. The summed E-state index contributed by atoms with van der Waals surface area (Å²) in [7, 11) is 0. The third-order valence-electron chi connectivity index (χ3n) is 5.73. The highest BCUT2D eigenvalue weighted by molar-refractivity contribution is 5.92. The summed E-state index contributed by atoms with van der Waals surface area (Å²) in [5, 5.41) is 2.72. The van der Waals surface area contributed by atoms with Crippen LogP contribution in [0, 0.1) is 12.8 Å². The highest BCUT2D eigenvalue weighted by Crippen LogP contribution is 2.25. The molecule has 0 saturated carbocycles. The predicted molar refractivity (Wildman–Crippen MR) is 115 cm³/mol. The van der Waals surface area contributed by atoms with Gasteiger partial charge in [-0.05, 0) is 75.2 Å². The van der Waals surface area contributed by atoms with Crippen molar-refractivity contribution < 1.29 is 22.7 Å². The molecule has 1 amide bonds. The number of anilines is 1. The number of carbonyl (C=O) groups is 1. The topological polar surface area (TPSA) is 59.4 Å². The fourth-order valence-corrected chi connectivity index (χ4v) is 4.16. The molecule has 1 saturated heterocycles. The van der Waals surface area contributed by atoms with Crippen LogP contribution in [0.2, 0.25) is 0 Å². The molecule has 0 radical (unpaired) electrons. The Morgan fingerprint density at radius 2 is 1.81 bits per heavy atom. The number of para-hydroxylation sites is 2. The molecule has 1 fully saturated rings. The number of halogens is 3. The maximum absolute atomic E-state index is 12.3. The molecule has 1 aliphatic heterocycles. The zero-order chi connectivity index (χ0) is 22.7. The van der Waals surface area contributed by atoms with E-state index >= 15 is 0 Å². The van der Waals surface area contributed by atoms with Gasteiger partial charge >= 0.3 is 6.36 Å². The molecular weight excluding hydrogens is 421 g/mol. The highest BCUT2D eigenvalue weighted by atomic mass is 19.4. The van der Waals surface area contributed by atoms with Crippen LogP contribution in [0.4, 0.5) is 18.9 Å². The lowest BCUT2D eigenvalue weighted by Crippen LogP contribution is -2.40. The minimum absolute atomic E-state index is 0.190. The number of nitrogens with one attached hydrogen (secondary N) is 1. The van der Waals surface area contributed by atoms with E-state index < -0.39 is 6.36 Å². The van der Waals surface area contributed by atoms with Crippen LogP contribution in [0.25, 0.3) is 11.0 Å². The molecule has 0 bridgehead atoms. The Kier molecular flexibility index (Phi) is 6.36. The zero-order valence-corrected chi connectivity index (χ0v) is 17.7. The zero-order valence-electron chi connectivity index (χ0n) is 17.7. The Morgan fingerprint density at radius 1 is 1.12 bits per heavy atom. The molecule has 3 aromatic rings. The second-order valence-electron chi connectivity index (χ2n) is 8.10. The van der Waals surface area contributed by atoms with E-state index in [0.29, 0.717) is 11.6 Å². The summed E-state index contributed by atoms with van der Waals surface area (Å²) >= 11 is 0. The molecule has 1 N–H and O–H groups in total. The number of hydrogen-bond acceptors (Lipinski definition) is 4. The number of imidazole rings is 1. The summed E-state index contributed by atoms with van der Waals surface area (Å²) in [6, 6.07) is 13.3. The van der Waals surface area contributed by atoms with Crippen LogP contribution in [0.15, 0.2) is 48.5 Å². The van der Waals surface area contributed by atoms with E-state index in [0.717, 1.165) is 49.3 Å². The first kappa shape index (κ1) is 22.1. The number of aryl methyl sites for hydroxylation is 1. The minimum atomic E-state index is -4.74. The van der Waals surface area contributed by atoms with Crippen LogP contribution >= 0.6 is 0 Å². The standard InChI is InChI=1S/C23H25F3N4O2/c1-16-27-20-4-2-3-5-21(20)30(16)14-17-10-12-29(13-11-17)15-22(31)28-18-6-8-19(9-7-18)32-23(24,25)26/h2-9,17H,10-15H2,1H3,(H,28,31). The molecule has 4 rings (SSSR count). The number of nitrogens with zero attached hydrogens (tertiary/aromatic N) is 3. The number of alkyl halides is 3. The highest BCUT2D eigenvalue weighted by Gasteiger charge is 2.31. The van der Waals surface area contributed by atoms with Crippen molar-refractivity contribution in [1.29, 1.82) is 0 Å². The van der Waals surface area contributed by atoms with Crippen LogP contribution in [0.5, 0.6) is 5.75 Å². The Morgan fingerprint density at radius 3 is 2.50 bits per heavy atom. The van der Waals surface area contributed by atoms with E-state index in [-0.39, 0.29) is 18.2 Å². The Bertz CT molecular complexity index is 1070. The van der Waals surface area contributed by atoms with Crippen LogP contribution in [0.3, 0.4) is 0 Å². The molecule has 1 aliphatic rings. The third kappa shape index (κ3) is 5.59. The Hall–Kier alpha value is -3.07. The maximum atomic E-state index is 12.3. The van der Waals surface area contributed by atoms with Gasteiger partial charge in [0.1, 0.15) is 11.6 Å². The van der Waals surface area contributed by atoms with Crippen LogP contribution in [-0.2, 0) is 11.3 Å². The van der Waals surface area contributed by atoms with Gasteiger partial charge < -0.3 is 14.6 Å². The van der Waals surface area contributed by atoms with Gasteiger partial charge in [0.05, 0.1) is 17.6 Å². The van der Waals surface area contributed by atoms with Gasteiger partial charge in [-0.1, -0.05) is 12.1 Å². The van der Waals surface area contributed by atoms with Crippen molar-refractivity contribution >= 4 is 22.6 Å². The van der Waals surface area contributed by atoms with Gasteiger partial charge in [-0.25, -0.2) is 4.98 Å². The molecular formula is C23H25F3N4O2. The van der Waals surface area contributed by atoms with E-state index in [4.69, 9.17) is 0 Å². The Labute approximate surface area is 184 Å². The van der Waals surface area contributed by atoms with Crippen LogP contribution in [-0.4, -0.2) is 46.4 Å². The normalized spacial score (nSPS) is 15.8. The molecule has 0 atom stereocenters. The molecule has 0 unspecified atom stereocenters. The van der Waals surface area contributed by atoms with Gasteiger partial charge in [0.2, 0.25) is 5.91 Å². The molecule has 0 spiro atoms. The largest absolute Gasteiger partial charge is 0.573 e. The lowest BCUT2D eigenvalue weighted by Gasteiger charge is -2.31. The first-order valence-corrected chi connectivity index (χ1v) is 10.6. The van der Waals surface area contributed by atoms with Crippen molar-refractivity contribution in [3.8, 4) is 5.75 Å². The molecule has 2 aromatic carbocycles. The summed E-state index contributed by atoms with van der Waals surface area (Å²) in [4.78, 5) is 19.1. The van der Waals surface area contributed by atoms with Gasteiger partial charge in [-0.2, -0.15) is 0 Å². The average molecular weight is 446 g/mol. The van der Waals surface area contributed by atoms with Crippen molar-refractivity contribution in [2.45, 2.75) is 32.7 Å². The lowest BCUT2D eigenvalue weighted by atomic mass is 9.96.